The maximum atomic E-state index is 13.3. The zero-order chi connectivity index (χ0) is 31.4. The van der Waals surface area contributed by atoms with Gasteiger partial charge in [-0.3, -0.25) is 4.90 Å². The van der Waals surface area contributed by atoms with Gasteiger partial charge in [-0.05, 0) is 44.9 Å². The number of hydrogen-bond donors (Lipinski definition) is 6. The fourth-order valence-electron chi connectivity index (χ4n) is 4.29. The topological polar surface area (TPSA) is 189 Å². The van der Waals surface area contributed by atoms with Crippen LogP contribution in [0.25, 0.3) is 0 Å². The first-order valence-electron chi connectivity index (χ1n) is 13.5. The van der Waals surface area contributed by atoms with Crippen LogP contribution in [-0.2, 0) is 9.84 Å². The molecular weight excluding hydrogens is 564 g/mol. The van der Waals surface area contributed by atoms with E-state index < -0.39 is 22.0 Å². The summed E-state index contributed by atoms with van der Waals surface area (Å²) < 4.78 is 32.1. The molecule has 0 saturated carbocycles. The van der Waals surface area contributed by atoms with E-state index in [1.165, 1.54) is 13.2 Å². The normalized spacial score (nSPS) is 13.3. The number of terminal acetylenes is 1. The summed E-state index contributed by atoms with van der Waals surface area (Å²) in [6.07, 6.45) is 4.37. The molecule has 2 aromatic rings. The minimum atomic E-state index is -3.77. The van der Waals surface area contributed by atoms with Crippen molar-refractivity contribution < 1.29 is 33.6 Å². The van der Waals surface area contributed by atoms with Crippen molar-refractivity contribution in [3.05, 3.63) is 28.8 Å². The van der Waals surface area contributed by atoms with Crippen molar-refractivity contribution >= 4 is 32.8 Å². The molecular formula is C28H42N6O7S. The fraction of sp³-hybridized carbons (Fsp3) is 0.536. The molecule has 6 N–H and O–H groups in total. The van der Waals surface area contributed by atoms with Crippen molar-refractivity contribution in [3.63, 3.8) is 0 Å². The number of hydrogen-bond acceptors (Lipinski definition) is 13. The predicted octanol–water partition coefficient (Wildman–Crippen LogP) is 1.75. The molecule has 2 rings (SSSR count). The molecule has 0 amide bonds. The lowest BCUT2D eigenvalue weighted by Gasteiger charge is -2.25. The Morgan fingerprint density at radius 2 is 1.64 bits per heavy atom. The number of nitrogens with one attached hydrogen (secondary N) is 2. The highest BCUT2D eigenvalue weighted by atomic mass is 32.2. The van der Waals surface area contributed by atoms with Gasteiger partial charge in [0.2, 0.25) is 0 Å². The molecule has 42 heavy (non-hydrogen) atoms. The maximum Gasteiger partial charge on any atom is 0.180 e. The smallest absolute Gasteiger partial charge is 0.180 e. The van der Waals surface area contributed by atoms with Crippen LogP contribution in [0.1, 0.15) is 30.5 Å². The van der Waals surface area contributed by atoms with E-state index in [1.54, 1.807) is 38.7 Å². The van der Waals surface area contributed by atoms with E-state index in [4.69, 9.17) is 11.2 Å². The number of aliphatic hydroxyl groups excluding tert-OH is 4. The first kappa shape index (κ1) is 34.9. The Morgan fingerprint density at radius 1 is 1.05 bits per heavy atom. The highest BCUT2D eigenvalue weighted by Gasteiger charge is 2.23. The largest absolute Gasteiger partial charge is 0.494 e. The Bertz CT molecular complexity index is 1360. The average Bonchev–Trinajstić information content (AvgIpc) is 2.92. The number of aryl methyl sites for hydroxylation is 1. The molecule has 0 saturated heterocycles. The number of sulfone groups is 1. The molecule has 0 spiro atoms. The number of nitrogens with zero attached hydrogens (tertiary/aromatic N) is 4. The molecule has 1 aromatic carbocycles. The molecule has 2 unspecified atom stereocenters. The lowest BCUT2D eigenvalue weighted by molar-refractivity contribution is 0.0873. The molecule has 0 aliphatic rings. The SMILES string of the molecule is C#Cc1c(NCCO)nc(NCCO)c(N=Nc2cc(C)c(S(=O)(=O)CCN(CC(C)O)CC(C)O)cc2OC)c1C. The second-order valence-electron chi connectivity index (χ2n) is 9.87. The maximum absolute atomic E-state index is 13.3. The molecule has 0 aliphatic heterocycles. The van der Waals surface area contributed by atoms with Crippen LogP contribution in [0.5, 0.6) is 5.75 Å². The minimum absolute atomic E-state index is 0.0735. The standard InChI is InChI=1S/C28H42N6O7S/c1-7-22-21(5)26(28(30-9-12-36)31-27(22)29-8-11-35)33-32-23-14-18(2)25(15-24(23)41-6)42(39,40)13-10-34(16-19(3)37)17-20(4)38/h1,14-15,19-20,35-38H,8-13,16-17H2,2-6H3,(H2,29,30,31). The van der Waals surface area contributed by atoms with Gasteiger partial charge < -0.3 is 35.8 Å². The van der Waals surface area contributed by atoms with Gasteiger partial charge in [-0.25, -0.2) is 13.4 Å². The number of methoxy groups -OCH3 is 1. The van der Waals surface area contributed by atoms with E-state index in [0.717, 1.165) is 0 Å². The summed E-state index contributed by atoms with van der Waals surface area (Å²) in [5.41, 5.74) is 2.03. The summed E-state index contributed by atoms with van der Waals surface area (Å²) >= 11 is 0. The summed E-state index contributed by atoms with van der Waals surface area (Å²) in [7, 11) is -2.37. The number of aliphatic hydroxyl groups is 4. The molecule has 1 heterocycles. The predicted molar refractivity (Wildman–Crippen MR) is 162 cm³/mol. The molecule has 0 bridgehead atoms. The zero-order valence-corrected chi connectivity index (χ0v) is 25.6. The molecule has 0 aliphatic carbocycles. The van der Waals surface area contributed by atoms with Gasteiger partial charge in [0.05, 0.1) is 48.7 Å². The van der Waals surface area contributed by atoms with E-state index in [9.17, 15) is 28.8 Å². The Hall–Kier alpha value is -3.32. The number of aromatic nitrogens is 1. The lowest BCUT2D eigenvalue weighted by Crippen LogP contribution is -2.39. The lowest BCUT2D eigenvalue weighted by atomic mass is 10.1. The summed E-state index contributed by atoms with van der Waals surface area (Å²) in [4.78, 5) is 6.26. The third-order valence-electron chi connectivity index (χ3n) is 6.16. The molecule has 1 aromatic heterocycles. The van der Waals surface area contributed by atoms with Gasteiger partial charge in [-0.15, -0.1) is 16.7 Å². The first-order valence-corrected chi connectivity index (χ1v) is 15.2. The molecule has 2 atom stereocenters. The van der Waals surface area contributed by atoms with E-state index in [-0.39, 0.29) is 68.0 Å². The van der Waals surface area contributed by atoms with Crippen LogP contribution in [-0.4, -0.2) is 110 Å². The van der Waals surface area contributed by atoms with Gasteiger partial charge in [0.15, 0.2) is 15.7 Å². The zero-order valence-electron chi connectivity index (χ0n) is 24.8. The van der Waals surface area contributed by atoms with E-state index in [2.05, 4.69) is 31.8 Å². The van der Waals surface area contributed by atoms with Crippen LogP contribution >= 0.6 is 0 Å². The molecule has 232 valence electrons. The van der Waals surface area contributed by atoms with Gasteiger partial charge in [0, 0.05) is 38.8 Å². The van der Waals surface area contributed by atoms with Gasteiger partial charge in [0.1, 0.15) is 22.9 Å². The number of azo groups is 1. The van der Waals surface area contributed by atoms with Crippen LogP contribution in [0, 0.1) is 26.2 Å². The third-order valence-corrected chi connectivity index (χ3v) is 7.99. The van der Waals surface area contributed by atoms with E-state index >= 15 is 0 Å². The molecule has 0 radical (unpaired) electrons. The fourth-order valence-corrected chi connectivity index (χ4v) is 5.85. The van der Waals surface area contributed by atoms with Gasteiger partial charge in [-0.2, -0.15) is 0 Å². The van der Waals surface area contributed by atoms with E-state index in [0.29, 0.717) is 34.0 Å². The Labute approximate surface area is 247 Å². The van der Waals surface area contributed by atoms with Crippen molar-refractivity contribution in [2.24, 2.45) is 10.2 Å². The minimum Gasteiger partial charge on any atom is -0.494 e. The highest BCUT2D eigenvalue weighted by molar-refractivity contribution is 7.91. The van der Waals surface area contributed by atoms with Gasteiger partial charge in [-0.1, -0.05) is 5.92 Å². The summed E-state index contributed by atoms with van der Waals surface area (Å²) in [5, 5.41) is 52.7. The van der Waals surface area contributed by atoms with Gasteiger partial charge in [0.25, 0.3) is 0 Å². The average molecular weight is 607 g/mol. The number of pyridine rings is 1. The van der Waals surface area contributed by atoms with Crippen molar-refractivity contribution in [1.29, 1.82) is 0 Å². The summed E-state index contributed by atoms with van der Waals surface area (Å²) in [6.45, 7) is 7.30. The van der Waals surface area contributed by atoms with Crippen molar-refractivity contribution in [2.75, 3.05) is 69.4 Å². The number of ether oxygens (including phenoxy) is 1. The Morgan fingerprint density at radius 3 is 2.17 bits per heavy atom. The van der Waals surface area contributed by atoms with Crippen molar-refractivity contribution in [2.45, 2.75) is 44.8 Å². The first-order chi connectivity index (χ1) is 19.9. The summed E-state index contributed by atoms with van der Waals surface area (Å²) in [5.74, 6) is 3.21. The van der Waals surface area contributed by atoms with Crippen LogP contribution in [0.2, 0.25) is 0 Å². The second kappa shape index (κ2) is 16.4. The number of anilines is 2. The quantitative estimate of drug-likeness (QED) is 0.114. The van der Waals surface area contributed by atoms with Crippen LogP contribution in [0.4, 0.5) is 23.0 Å². The third kappa shape index (κ3) is 9.62. The molecule has 13 nitrogen and oxygen atoms in total. The van der Waals surface area contributed by atoms with Crippen molar-refractivity contribution in [1.82, 2.24) is 9.88 Å². The molecule has 0 fully saturated rings. The van der Waals surface area contributed by atoms with Crippen molar-refractivity contribution in [3.8, 4) is 18.1 Å². The Kier molecular flexibility index (Phi) is 13.6. The van der Waals surface area contributed by atoms with Crippen LogP contribution in [0.3, 0.4) is 0 Å². The molecule has 14 heteroatoms. The van der Waals surface area contributed by atoms with Gasteiger partial charge >= 0.3 is 0 Å². The second-order valence-corrected chi connectivity index (χ2v) is 11.9. The Balaban J connectivity index is 2.47. The number of rotatable bonds is 17. The highest BCUT2D eigenvalue weighted by Crippen LogP contribution is 2.38. The van der Waals surface area contributed by atoms with Crippen LogP contribution < -0.4 is 15.4 Å². The monoisotopic (exact) mass is 606 g/mol. The van der Waals surface area contributed by atoms with Crippen LogP contribution in [0.15, 0.2) is 27.3 Å². The summed E-state index contributed by atoms with van der Waals surface area (Å²) in [6, 6.07) is 2.96. The number of benzene rings is 1. The van der Waals surface area contributed by atoms with E-state index in [1.807, 2.05) is 0 Å².